The highest BCUT2D eigenvalue weighted by molar-refractivity contribution is 5.73. The van der Waals surface area contributed by atoms with E-state index >= 15 is 0 Å². The highest BCUT2D eigenvalue weighted by Crippen LogP contribution is 2.09. The van der Waals surface area contributed by atoms with Crippen molar-refractivity contribution in [1.82, 2.24) is 0 Å². The lowest BCUT2D eigenvalue weighted by molar-refractivity contribution is -0.137. The number of unbranched alkanes of at least 4 members (excludes halogenated alkanes) is 8. The molecule has 3 nitrogen and oxygen atoms in total. The SMILES string of the molecule is CCCCC/C=C(/C=O)C/C=C\CCCCCCCC(=O)O. The normalized spacial score (nSPS) is 12.0. The first-order valence-corrected chi connectivity index (χ1v) is 8.71. The van der Waals surface area contributed by atoms with E-state index in [4.69, 9.17) is 5.11 Å². The summed E-state index contributed by atoms with van der Waals surface area (Å²) in [6.07, 6.45) is 19.2. The molecule has 0 aromatic heterocycles. The van der Waals surface area contributed by atoms with Crippen LogP contribution < -0.4 is 0 Å². The highest BCUT2D eigenvalue weighted by atomic mass is 16.4. The van der Waals surface area contributed by atoms with Crippen LogP contribution in [0, 0.1) is 0 Å². The fraction of sp³-hybridized carbons (Fsp3) is 0.684. The lowest BCUT2D eigenvalue weighted by atomic mass is 10.1. The van der Waals surface area contributed by atoms with Gasteiger partial charge in [0.25, 0.3) is 0 Å². The molecule has 0 atom stereocenters. The van der Waals surface area contributed by atoms with Crippen molar-refractivity contribution in [3.8, 4) is 0 Å². The molecule has 0 saturated carbocycles. The number of rotatable bonds is 15. The number of carboxylic acids is 1. The van der Waals surface area contributed by atoms with Gasteiger partial charge < -0.3 is 5.11 Å². The van der Waals surface area contributed by atoms with E-state index in [1.165, 1.54) is 19.3 Å². The van der Waals surface area contributed by atoms with Crippen molar-refractivity contribution in [1.29, 1.82) is 0 Å². The van der Waals surface area contributed by atoms with Crippen molar-refractivity contribution < 1.29 is 14.7 Å². The summed E-state index contributed by atoms with van der Waals surface area (Å²) in [7, 11) is 0. The van der Waals surface area contributed by atoms with Crippen LogP contribution in [0.15, 0.2) is 23.8 Å². The molecule has 0 amide bonds. The Morgan fingerprint density at radius 1 is 0.909 bits per heavy atom. The lowest BCUT2D eigenvalue weighted by Crippen LogP contribution is -1.93. The van der Waals surface area contributed by atoms with Gasteiger partial charge in [0.2, 0.25) is 0 Å². The number of aliphatic carboxylic acids is 1. The maximum absolute atomic E-state index is 10.9. The van der Waals surface area contributed by atoms with Crippen molar-refractivity contribution in [2.45, 2.75) is 84.0 Å². The van der Waals surface area contributed by atoms with Crippen LogP contribution in [0.1, 0.15) is 84.0 Å². The topological polar surface area (TPSA) is 54.4 Å². The largest absolute Gasteiger partial charge is 0.481 e. The first kappa shape index (κ1) is 20.6. The van der Waals surface area contributed by atoms with E-state index in [1.54, 1.807) is 0 Å². The summed E-state index contributed by atoms with van der Waals surface area (Å²) in [5.74, 6) is -0.698. The van der Waals surface area contributed by atoms with Crippen LogP contribution in [-0.4, -0.2) is 17.4 Å². The van der Waals surface area contributed by atoms with Crippen LogP contribution in [0.4, 0.5) is 0 Å². The molecule has 0 rings (SSSR count). The van der Waals surface area contributed by atoms with Gasteiger partial charge in [0.05, 0.1) is 0 Å². The predicted octanol–water partition coefficient (Wildman–Crippen LogP) is 5.45. The van der Waals surface area contributed by atoms with E-state index in [0.717, 1.165) is 63.2 Å². The number of carboxylic acid groups (broad SMARTS) is 1. The minimum atomic E-state index is -0.698. The number of aldehydes is 1. The smallest absolute Gasteiger partial charge is 0.303 e. The van der Waals surface area contributed by atoms with Gasteiger partial charge in [-0.1, -0.05) is 57.3 Å². The summed E-state index contributed by atoms with van der Waals surface area (Å²) in [5, 5.41) is 8.52. The first-order chi connectivity index (χ1) is 10.7. The Labute approximate surface area is 135 Å². The number of hydrogen-bond donors (Lipinski definition) is 1. The Morgan fingerprint density at radius 3 is 2.27 bits per heavy atom. The molecule has 0 aliphatic rings. The zero-order valence-electron chi connectivity index (χ0n) is 14.1. The number of carbonyl (C=O) groups excluding carboxylic acids is 1. The predicted molar refractivity (Wildman–Crippen MR) is 92.0 cm³/mol. The van der Waals surface area contributed by atoms with Crippen LogP contribution in [0.2, 0.25) is 0 Å². The molecule has 3 heteroatoms. The summed E-state index contributed by atoms with van der Waals surface area (Å²) in [4.78, 5) is 21.3. The molecule has 22 heavy (non-hydrogen) atoms. The van der Waals surface area contributed by atoms with Crippen molar-refractivity contribution in [2.24, 2.45) is 0 Å². The van der Waals surface area contributed by atoms with E-state index < -0.39 is 5.97 Å². The van der Waals surface area contributed by atoms with Gasteiger partial charge in [0, 0.05) is 6.42 Å². The van der Waals surface area contributed by atoms with E-state index in [-0.39, 0.29) is 0 Å². The molecule has 0 aliphatic heterocycles. The standard InChI is InChI=1S/C19H32O3/c1-2-3-4-11-14-18(17-20)15-12-9-7-5-6-8-10-13-16-19(21)22/h9,12,14,17H,2-8,10-11,13,15-16H2,1H3,(H,21,22)/b12-9-,18-14+. The van der Waals surface area contributed by atoms with Gasteiger partial charge in [-0.25, -0.2) is 0 Å². The zero-order valence-corrected chi connectivity index (χ0v) is 14.1. The Balaban J connectivity index is 3.55. The van der Waals surface area contributed by atoms with Gasteiger partial charge >= 0.3 is 5.97 Å². The van der Waals surface area contributed by atoms with Gasteiger partial charge in [-0.05, 0) is 44.1 Å². The van der Waals surface area contributed by atoms with Crippen LogP contribution in [0.5, 0.6) is 0 Å². The molecule has 0 saturated heterocycles. The molecule has 0 aliphatic carbocycles. The van der Waals surface area contributed by atoms with Crippen LogP contribution in [0.25, 0.3) is 0 Å². The molecule has 0 spiro atoms. The zero-order chi connectivity index (χ0) is 16.5. The van der Waals surface area contributed by atoms with E-state index in [1.807, 2.05) is 0 Å². The van der Waals surface area contributed by atoms with Gasteiger partial charge in [-0.3, -0.25) is 9.59 Å². The minimum Gasteiger partial charge on any atom is -0.481 e. The van der Waals surface area contributed by atoms with E-state index in [0.29, 0.717) is 6.42 Å². The van der Waals surface area contributed by atoms with Crippen molar-refractivity contribution in [3.05, 3.63) is 23.8 Å². The summed E-state index contributed by atoms with van der Waals surface area (Å²) in [5.41, 5.74) is 0.890. The van der Waals surface area contributed by atoms with Crippen LogP contribution in [0.3, 0.4) is 0 Å². The summed E-state index contributed by atoms with van der Waals surface area (Å²) >= 11 is 0. The summed E-state index contributed by atoms with van der Waals surface area (Å²) in [6, 6.07) is 0. The molecule has 0 aromatic rings. The maximum atomic E-state index is 10.9. The highest BCUT2D eigenvalue weighted by Gasteiger charge is 1.96. The fourth-order valence-corrected chi connectivity index (χ4v) is 2.27. The van der Waals surface area contributed by atoms with Gasteiger partial charge in [-0.2, -0.15) is 0 Å². The Kier molecular flexibility index (Phi) is 15.0. The van der Waals surface area contributed by atoms with Crippen molar-refractivity contribution >= 4 is 12.3 Å². The van der Waals surface area contributed by atoms with Crippen molar-refractivity contribution in [2.75, 3.05) is 0 Å². The van der Waals surface area contributed by atoms with Crippen LogP contribution >= 0.6 is 0 Å². The van der Waals surface area contributed by atoms with E-state index in [2.05, 4.69) is 25.2 Å². The molecule has 0 bridgehead atoms. The Morgan fingerprint density at radius 2 is 1.59 bits per heavy atom. The van der Waals surface area contributed by atoms with Crippen LogP contribution in [-0.2, 0) is 9.59 Å². The molecule has 126 valence electrons. The summed E-state index contributed by atoms with van der Waals surface area (Å²) in [6.45, 7) is 2.18. The second kappa shape index (κ2) is 16.0. The second-order valence-electron chi connectivity index (χ2n) is 5.77. The monoisotopic (exact) mass is 308 g/mol. The average Bonchev–Trinajstić information content (AvgIpc) is 2.50. The molecule has 0 radical (unpaired) electrons. The fourth-order valence-electron chi connectivity index (χ4n) is 2.27. The third-order valence-corrected chi connectivity index (χ3v) is 3.65. The molecular weight excluding hydrogens is 276 g/mol. The number of allylic oxidation sites excluding steroid dienone is 4. The number of carbonyl (C=O) groups is 2. The van der Waals surface area contributed by atoms with Gasteiger partial charge in [0.15, 0.2) is 0 Å². The number of hydrogen-bond acceptors (Lipinski definition) is 2. The van der Waals surface area contributed by atoms with Gasteiger partial charge in [0.1, 0.15) is 6.29 Å². The molecule has 0 unspecified atom stereocenters. The average molecular weight is 308 g/mol. The molecule has 0 heterocycles. The lowest BCUT2D eigenvalue weighted by Gasteiger charge is -1.99. The molecule has 0 fully saturated rings. The molecular formula is C19H32O3. The van der Waals surface area contributed by atoms with Gasteiger partial charge in [-0.15, -0.1) is 0 Å². The quantitative estimate of drug-likeness (QED) is 0.189. The Hall–Kier alpha value is -1.38. The Bertz CT molecular complexity index is 343. The molecule has 1 N–H and O–H groups in total. The summed E-state index contributed by atoms with van der Waals surface area (Å²) < 4.78 is 0. The second-order valence-corrected chi connectivity index (χ2v) is 5.77. The third kappa shape index (κ3) is 15.0. The maximum Gasteiger partial charge on any atom is 0.303 e. The first-order valence-electron chi connectivity index (χ1n) is 8.71. The minimum absolute atomic E-state index is 0.291. The van der Waals surface area contributed by atoms with Crippen molar-refractivity contribution in [3.63, 3.8) is 0 Å². The van der Waals surface area contributed by atoms with E-state index in [9.17, 15) is 9.59 Å². The molecule has 0 aromatic carbocycles. The third-order valence-electron chi connectivity index (χ3n) is 3.65.